The van der Waals surface area contributed by atoms with Crippen LogP contribution < -0.4 is 4.90 Å². The number of fused-ring (bicyclic) bond motifs is 1. The van der Waals surface area contributed by atoms with Gasteiger partial charge in [0.05, 0.1) is 11.6 Å². The van der Waals surface area contributed by atoms with Crippen LogP contribution >= 0.6 is 15.9 Å². The number of rotatable bonds is 4. The zero-order chi connectivity index (χ0) is 22.4. The third-order valence-corrected chi connectivity index (χ3v) is 5.73. The number of carbonyl (C=O) groups excluding carboxylic acids is 2. The summed E-state index contributed by atoms with van der Waals surface area (Å²) in [5.41, 5.74) is 1.01. The maximum absolute atomic E-state index is 13.9. The molecule has 32 heavy (non-hydrogen) atoms. The molecule has 6 nitrogen and oxygen atoms in total. The number of furan rings is 1. The minimum Gasteiger partial charge on any atom is -0.503 e. The Morgan fingerprint density at radius 2 is 1.97 bits per heavy atom. The van der Waals surface area contributed by atoms with Crippen molar-refractivity contribution < 1.29 is 23.5 Å². The molecule has 0 aliphatic carbocycles. The topological polar surface area (TPSA) is 83.6 Å². The van der Waals surface area contributed by atoms with E-state index in [0.717, 1.165) is 4.47 Å². The third kappa shape index (κ3) is 3.29. The molecular weight excluding hydrogens is 479 g/mol. The van der Waals surface area contributed by atoms with Gasteiger partial charge < -0.3 is 9.52 Å². The van der Waals surface area contributed by atoms with Gasteiger partial charge in [-0.05, 0) is 54.1 Å². The van der Waals surface area contributed by atoms with Crippen molar-refractivity contribution in [2.24, 2.45) is 0 Å². The zero-order valence-electron chi connectivity index (χ0n) is 16.3. The molecule has 158 valence electrons. The lowest BCUT2D eigenvalue weighted by atomic mass is 9.96. The fourth-order valence-electron chi connectivity index (χ4n) is 3.84. The molecule has 5 rings (SSSR count). The van der Waals surface area contributed by atoms with Gasteiger partial charge in [0.1, 0.15) is 11.4 Å². The SMILES string of the molecule is O=C(C1=C(O)C(=O)N(c2cccc(F)c2)C1c1cccnc1)c1cc2cc(Br)ccc2o1. The number of hydrogen-bond acceptors (Lipinski definition) is 5. The molecule has 1 aliphatic heterocycles. The summed E-state index contributed by atoms with van der Waals surface area (Å²) in [5.74, 6) is -2.75. The molecule has 3 heterocycles. The Hall–Kier alpha value is -3.78. The first-order chi connectivity index (χ1) is 15.4. The van der Waals surface area contributed by atoms with E-state index in [1.54, 1.807) is 42.6 Å². The molecule has 1 N–H and O–H groups in total. The Bertz CT molecular complexity index is 1410. The van der Waals surface area contributed by atoms with Crippen molar-refractivity contribution in [1.29, 1.82) is 0 Å². The number of hydrogen-bond donors (Lipinski definition) is 1. The van der Waals surface area contributed by atoms with Crippen molar-refractivity contribution in [3.05, 3.63) is 106 Å². The number of aliphatic hydroxyl groups excluding tert-OH is 1. The molecule has 8 heteroatoms. The van der Waals surface area contributed by atoms with Gasteiger partial charge in [0.15, 0.2) is 11.5 Å². The number of aliphatic hydroxyl groups is 1. The van der Waals surface area contributed by atoms with Crippen molar-refractivity contribution in [2.45, 2.75) is 6.04 Å². The van der Waals surface area contributed by atoms with Gasteiger partial charge in [0.2, 0.25) is 5.78 Å². The smallest absolute Gasteiger partial charge is 0.294 e. The average Bonchev–Trinajstić information content (AvgIpc) is 3.32. The summed E-state index contributed by atoms with van der Waals surface area (Å²) in [6.07, 6.45) is 3.04. The van der Waals surface area contributed by atoms with Gasteiger partial charge in [0, 0.05) is 27.9 Å². The molecule has 0 fully saturated rings. The average molecular weight is 493 g/mol. The van der Waals surface area contributed by atoms with Gasteiger partial charge >= 0.3 is 0 Å². The van der Waals surface area contributed by atoms with E-state index >= 15 is 0 Å². The van der Waals surface area contributed by atoms with Crippen LogP contribution in [-0.2, 0) is 4.79 Å². The fraction of sp³-hybridized carbons (Fsp3) is 0.0417. The van der Waals surface area contributed by atoms with Crippen LogP contribution in [0.4, 0.5) is 10.1 Å². The Kier molecular flexibility index (Phi) is 4.86. The van der Waals surface area contributed by atoms with E-state index < -0.39 is 29.3 Å². The van der Waals surface area contributed by atoms with Crippen LogP contribution in [0.5, 0.6) is 0 Å². The number of amides is 1. The van der Waals surface area contributed by atoms with E-state index in [4.69, 9.17) is 4.42 Å². The lowest BCUT2D eigenvalue weighted by Gasteiger charge is -2.26. The van der Waals surface area contributed by atoms with E-state index in [2.05, 4.69) is 20.9 Å². The minimum absolute atomic E-state index is 0.0255. The second-order valence-electron chi connectivity index (χ2n) is 7.23. The monoisotopic (exact) mass is 492 g/mol. The zero-order valence-corrected chi connectivity index (χ0v) is 17.9. The maximum Gasteiger partial charge on any atom is 0.294 e. The summed E-state index contributed by atoms with van der Waals surface area (Å²) in [6.45, 7) is 0. The molecular formula is C24H14BrFN2O4. The Balaban J connectivity index is 1.66. The molecule has 2 aromatic heterocycles. The van der Waals surface area contributed by atoms with Crippen molar-refractivity contribution in [3.63, 3.8) is 0 Å². The predicted molar refractivity (Wildman–Crippen MR) is 119 cm³/mol. The molecule has 4 aromatic rings. The van der Waals surface area contributed by atoms with Gasteiger partial charge in [-0.25, -0.2) is 4.39 Å². The number of nitrogens with zero attached hydrogens (tertiary/aromatic N) is 2. The molecule has 1 amide bonds. The van der Waals surface area contributed by atoms with Crippen LogP contribution in [0.2, 0.25) is 0 Å². The van der Waals surface area contributed by atoms with E-state index in [0.29, 0.717) is 16.5 Å². The van der Waals surface area contributed by atoms with Gasteiger partial charge in [-0.2, -0.15) is 0 Å². The highest BCUT2D eigenvalue weighted by Crippen LogP contribution is 2.42. The maximum atomic E-state index is 13.9. The molecule has 0 saturated heterocycles. The standard InChI is InChI=1S/C24H14BrFN2O4/c25-15-6-7-18-14(9-15)10-19(32-18)22(29)20-21(13-3-2-8-27-12-13)28(24(31)23(20)30)17-5-1-4-16(26)11-17/h1-12,21,30H. The molecule has 1 atom stereocenters. The van der Waals surface area contributed by atoms with Gasteiger partial charge in [-0.3, -0.25) is 19.5 Å². The lowest BCUT2D eigenvalue weighted by molar-refractivity contribution is -0.117. The number of anilines is 1. The molecule has 1 aliphatic rings. The first kappa shape index (κ1) is 20.1. The normalized spacial score (nSPS) is 16.2. The van der Waals surface area contributed by atoms with Crippen LogP contribution in [0.15, 0.2) is 93.3 Å². The number of aromatic nitrogens is 1. The molecule has 1 unspecified atom stereocenters. The molecule has 0 bridgehead atoms. The van der Waals surface area contributed by atoms with Crippen molar-refractivity contribution in [2.75, 3.05) is 4.90 Å². The second kappa shape index (κ2) is 7.72. The Labute approximate surface area is 189 Å². The summed E-state index contributed by atoms with van der Waals surface area (Å²) in [4.78, 5) is 31.8. The highest BCUT2D eigenvalue weighted by Gasteiger charge is 2.45. The van der Waals surface area contributed by atoms with Crippen LogP contribution in [0.3, 0.4) is 0 Å². The quantitative estimate of drug-likeness (QED) is 0.379. The summed E-state index contributed by atoms with van der Waals surface area (Å²) in [5, 5.41) is 11.4. The van der Waals surface area contributed by atoms with Crippen LogP contribution in [0.25, 0.3) is 11.0 Å². The minimum atomic E-state index is -1.01. The van der Waals surface area contributed by atoms with Crippen LogP contribution in [-0.4, -0.2) is 21.8 Å². The summed E-state index contributed by atoms with van der Waals surface area (Å²) in [6, 6.07) is 14.6. The second-order valence-corrected chi connectivity index (χ2v) is 8.14. The molecule has 2 aromatic carbocycles. The predicted octanol–water partition coefficient (Wildman–Crippen LogP) is 5.51. The highest BCUT2D eigenvalue weighted by molar-refractivity contribution is 9.10. The highest BCUT2D eigenvalue weighted by atomic mass is 79.9. The summed E-state index contributed by atoms with van der Waals surface area (Å²) >= 11 is 3.38. The van der Waals surface area contributed by atoms with Crippen LogP contribution in [0.1, 0.15) is 22.2 Å². The van der Waals surface area contributed by atoms with E-state index in [-0.39, 0.29) is 17.0 Å². The number of Topliss-reactive ketones (excluding diaryl/α,β-unsaturated/α-hetero) is 1. The number of benzene rings is 2. The first-order valence-electron chi connectivity index (χ1n) is 9.60. The number of ketones is 1. The van der Waals surface area contributed by atoms with Gasteiger partial charge in [-0.15, -0.1) is 0 Å². The van der Waals surface area contributed by atoms with E-state index in [1.807, 2.05) is 0 Å². The molecule has 0 spiro atoms. The van der Waals surface area contributed by atoms with Crippen molar-refractivity contribution >= 4 is 44.3 Å². The fourth-order valence-corrected chi connectivity index (χ4v) is 4.22. The van der Waals surface area contributed by atoms with Gasteiger partial charge in [-0.1, -0.05) is 28.1 Å². The van der Waals surface area contributed by atoms with Gasteiger partial charge in [0.25, 0.3) is 5.91 Å². The van der Waals surface area contributed by atoms with Crippen LogP contribution in [0, 0.1) is 5.82 Å². The largest absolute Gasteiger partial charge is 0.503 e. The number of pyridine rings is 1. The lowest BCUT2D eigenvalue weighted by Crippen LogP contribution is -2.31. The summed E-state index contributed by atoms with van der Waals surface area (Å²) in [7, 11) is 0. The summed E-state index contributed by atoms with van der Waals surface area (Å²) < 4.78 is 20.5. The van der Waals surface area contributed by atoms with Crippen molar-refractivity contribution in [3.8, 4) is 0 Å². The Morgan fingerprint density at radius 3 is 2.72 bits per heavy atom. The first-order valence-corrected chi connectivity index (χ1v) is 10.4. The third-order valence-electron chi connectivity index (χ3n) is 5.24. The molecule has 0 saturated carbocycles. The van der Waals surface area contributed by atoms with Crippen molar-refractivity contribution in [1.82, 2.24) is 4.98 Å². The molecule has 0 radical (unpaired) electrons. The van der Waals surface area contributed by atoms with E-state index in [9.17, 15) is 19.1 Å². The number of carbonyl (C=O) groups is 2. The number of halogens is 2. The van der Waals surface area contributed by atoms with E-state index in [1.165, 1.54) is 35.4 Å². The Morgan fingerprint density at radius 1 is 1.12 bits per heavy atom.